The van der Waals surface area contributed by atoms with E-state index >= 15 is 0 Å². The van der Waals surface area contributed by atoms with E-state index in [0.29, 0.717) is 15.1 Å². The van der Waals surface area contributed by atoms with Gasteiger partial charge in [0.1, 0.15) is 11.6 Å². The number of halogens is 4. The molecule has 0 saturated heterocycles. The lowest BCUT2D eigenvalue weighted by atomic mass is 10.3. The molecule has 0 aliphatic heterocycles. The quantitative estimate of drug-likeness (QED) is 0.487. The summed E-state index contributed by atoms with van der Waals surface area (Å²) < 4.78 is 25.7. The molecule has 0 atom stereocenters. The van der Waals surface area contributed by atoms with E-state index in [1.54, 1.807) is 12.1 Å². The molecule has 0 bridgehead atoms. The van der Waals surface area contributed by atoms with Crippen LogP contribution in [0.1, 0.15) is 0 Å². The summed E-state index contributed by atoms with van der Waals surface area (Å²) >= 11 is 14.8. The number of hydrogen-bond donors (Lipinski definition) is 0. The van der Waals surface area contributed by atoms with Crippen LogP contribution in [0.4, 0.5) is 8.78 Å². The Balaban J connectivity index is 1.96. The molecule has 0 unspecified atom stereocenters. The molecule has 2 rings (SSSR count). The minimum atomic E-state index is -0.358. The second kappa shape index (κ2) is 6.84. The van der Waals surface area contributed by atoms with E-state index in [9.17, 15) is 8.78 Å². The third-order valence-electron chi connectivity index (χ3n) is 2.22. The number of thioether (sulfide) groups is 2. The first-order valence-corrected chi connectivity index (χ1v) is 7.94. The maximum Gasteiger partial charge on any atom is 0.124 e. The minimum Gasteiger partial charge on any atom is -0.207 e. The SMILES string of the molecule is Fc1ccc(SCSc2ccc(F)cc2Cl)c(Cl)c1. The fraction of sp³-hybridized carbons (Fsp3) is 0.0769. The van der Waals surface area contributed by atoms with Gasteiger partial charge in [-0.3, -0.25) is 0 Å². The Morgan fingerprint density at radius 2 is 1.21 bits per heavy atom. The van der Waals surface area contributed by atoms with E-state index in [1.807, 2.05) is 0 Å². The standard InChI is InChI=1S/C13H8Cl2F2S2/c14-10-5-8(16)1-3-12(10)18-7-19-13-4-2-9(17)6-11(13)15/h1-6H,7H2. The van der Waals surface area contributed by atoms with Crippen LogP contribution in [0.5, 0.6) is 0 Å². The lowest BCUT2D eigenvalue weighted by Gasteiger charge is -2.06. The summed E-state index contributed by atoms with van der Waals surface area (Å²) in [6.07, 6.45) is 0. The molecule has 0 saturated carbocycles. The van der Waals surface area contributed by atoms with Crippen molar-refractivity contribution in [2.75, 3.05) is 5.08 Å². The van der Waals surface area contributed by atoms with Crippen molar-refractivity contribution < 1.29 is 8.78 Å². The highest BCUT2D eigenvalue weighted by molar-refractivity contribution is 8.16. The van der Waals surface area contributed by atoms with Gasteiger partial charge in [-0.2, -0.15) is 0 Å². The van der Waals surface area contributed by atoms with E-state index in [2.05, 4.69) is 0 Å². The lowest BCUT2D eigenvalue weighted by molar-refractivity contribution is 0.626. The van der Waals surface area contributed by atoms with Gasteiger partial charge in [-0.05, 0) is 36.4 Å². The summed E-state index contributed by atoms with van der Waals surface area (Å²) in [4.78, 5) is 1.60. The predicted octanol–water partition coefficient (Wildman–Crippen LogP) is 6.11. The molecular weight excluding hydrogens is 329 g/mol. The van der Waals surface area contributed by atoms with Crippen LogP contribution in [0.15, 0.2) is 46.2 Å². The van der Waals surface area contributed by atoms with E-state index < -0.39 is 0 Å². The van der Waals surface area contributed by atoms with Gasteiger partial charge in [-0.25, -0.2) is 8.78 Å². The number of benzene rings is 2. The number of hydrogen-bond acceptors (Lipinski definition) is 2. The van der Waals surface area contributed by atoms with Gasteiger partial charge in [-0.15, -0.1) is 23.5 Å². The fourth-order valence-corrected chi connectivity index (χ4v) is 3.98. The summed E-state index contributed by atoms with van der Waals surface area (Å²) in [6, 6.07) is 8.55. The molecule has 6 heteroatoms. The summed E-state index contributed by atoms with van der Waals surface area (Å²) in [5, 5.41) is 1.42. The van der Waals surface area contributed by atoms with Crippen molar-refractivity contribution in [1.29, 1.82) is 0 Å². The van der Waals surface area contributed by atoms with Gasteiger partial charge in [-0.1, -0.05) is 23.2 Å². The van der Waals surface area contributed by atoms with Gasteiger partial charge in [0.15, 0.2) is 0 Å². The first-order valence-electron chi connectivity index (χ1n) is 5.22. The molecular formula is C13H8Cl2F2S2. The van der Waals surface area contributed by atoms with E-state index in [0.717, 1.165) is 9.79 Å². The normalized spacial score (nSPS) is 10.7. The van der Waals surface area contributed by atoms with Crippen molar-refractivity contribution in [3.8, 4) is 0 Å². The second-order valence-corrected chi connectivity index (χ2v) is 6.77. The van der Waals surface area contributed by atoms with Crippen LogP contribution in [-0.2, 0) is 0 Å². The van der Waals surface area contributed by atoms with Crippen molar-refractivity contribution in [2.45, 2.75) is 9.79 Å². The molecule has 0 radical (unpaired) electrons. The molecule has 0 aromatic heterocycles. The van der Waals surface area contributed by atoms with Gasteiger partial charge in [0.2, 0.25) is 0 Å². The van der Waals surface area contributed by atoms with Crippen LogP contribution < -0.4 is 0 Å². The van der Waals surface area contributed by atoms with Gasteiger partial charge < -0.3 is 0 Å². The lowest BCUT2D eigenvalue weighted by Crippen LogP contribution is -1.81. The Hall–Kier alpha value is -0.420. The maximum absolute atomic E-state index is 12.9. The molecule has 0 heterocycles. The van der Waals surface area contributed by atoms with Crippen molar-refractivity contribution >= 4 is 46.7 Å². The number of rotatable bonds is 4. The van der Waals surface area contributed by atoms with Crippen LogP contribution >= 0.6 is 46.7 Å². The molecule has 0 amide bonds. The highest BCUT2D eigenvalue weighted by Gasteiger charge is 2.05. The molecule has 0 fully saturated rings. The largest absolute Gasteiger partial charge is 0.207 e. The van der Waals surface area contributed by atoms with Crippen molar-refractivity contribution in [2.24, 2.45) is 0 Å². The monoisotopic (exact) mass is 336 g/mol. The van der Waals surface area contributed by atoms with Crippen LogP contribution in [0.2, 0.25) is 10.0 Å². The molecule has 0 aliphatic carbocycles. The van der Waals surface area contributed by atoms with Crippen molar-refractivity contribution in [3.63, 3.8) is 0 Å². The summed E-state index contributed by atoms with van der Waals surface area (Å²) in [6.45, 7) is 0. The van der Waals surface area contributed by atoms with Crippen molar-refractivity contribution in [3.05, 3.63) is 58.1 Å². The van der Waals surface area contributed by atoms with E-state index in [4.69, 9.17) is 23.2 Å². The van der Waals surface area contributed by atoms with Gasteiger partial charge in [0, 0.05) is 14.9 Å². The van der Waals surface area contributed by atoms with Gasteiger partial charge >= 0.3 is 0 Å². The Bertz CT molecular complexity index is 539. The summed E-state index contributed by atoms with van der Waals surface area (Å²) in [5.41, 5.74) is 0. The summed E-state index contributed by atoms with van der Waals surface area (Å²) in [7, 11) is 0. The molecule has 0 spiro atoms. The zero-order valence-corrected chi connectivity index (χ0v) is 12.6. The van der Waals surface area contributed by atoms with Crippen LogP contribution in [-0.4, -0.2) is 5.08 Å². The molecule has 19 heavy (non-hydrogen) atoms. The zero-order valence-electron chi connectivity index (χ0n) is 9.50. The molecule has 2 aromatic rings. The highest BCUT2D eigenvalue weighted by atomic mass is 35.5. The first kappa shape index (κ1) is 15.0. The topological polar surface area (TPSA) is 0 Å². The minimum absolute atomic E-state index is 0.358. The van der Waals surface area contributed by atoms with E-state index in [1.165, 1.54) is 47.8 Å². The third kappa shape index (κ3) is 4.28. The summed E-state index contributed by atoms with van der Waals surface area (Å²) in [5.74, 6) is -0.716. The Morgan fingerprint density at radius 3 is 1.58 bits per heavy atom. The van der Waals surface area contributed by atoms with Crippen molar-refractivity contribution in [1.82, 2.24) is 0 Å². The average Bonchev–Trinajstić information content (AvgIpc) is 2.34. The van der Waals surface area contributed by atoms with Crippen LogP contribution in [0.25, 0.3) is 0 Å². The van der Waals surface area contributed by atoms with Gasteiger partial charge in [0.05, 0.1) is 10.0 Å². The highest BCUT2D eigenvalue weighted by Crippen LogP contribution is 2.35. The smallest absolute Gasteiger partial charge is 0.124 e. The molecule has 100 valence electrons. The predicted molar refractivity (Wildman–Crippen MR) is 79.4 cm³/mol. The van der Waals surface area contributed by atoms with E-state index in [-0.39, 0.29) is 11.6 Å². The molecule has 2 aromatic carbocycles. The average molecular weight is 337 g/mol. The molecule has 0 nitrogen and oxygen atoms in total. The Morgan fingerprint density at radius 1 is 0.789 bits per heavy atom. The third-order valence-corrected chi connectivity index (χ3v) is 5.34. The molecule has 0 aliphatic rings. The van der Waals surface area contributed by atoms with Crippen LogP contribution in [0, 0.1) is 11.6 Å². The Labute approximate surface area is 128 Å². The molecule has 0 N–H and O–H groups in total. The Kier molecular flexibility index (Phi) is 5.39. The van der Waals surface area contributed by atoms with Gasteiger partial charge in [0.25, 0.3) is 0 Å². The zero-order chi connectivity index (χ0) is 13.8. The fourth-order valence-electron chi connectivity index (χ4n) is 1.34. The second-order valence-electron chi connectivity index (χ2n) is 3.56. The van der Waals surface area contributed by atoms with Crippen LogP contribution in [0.3, 0.4) is 0 Å². The first-order chi connectivity index (χ1) is 9.06. The maximum atomic E-state index is 12.9.